The zero-order chi connectivity index (χ0) is 15.6. The fourth-order valence-electron chi connectivity index (χ4n) is 1.75. The molecule has 0 amide bonds. The number of aromatic nitrogens is 1. The molecule has 5 heteroatoms. The van der Waals surface area contributed by atoms with Gasteiger partial charge in [0.15, 0.2) is 0 Å². The highest BCUT2D eigenvalue weighted by Gasteiger charge is 2.32. The topological polar surface area (TPSA) is 59.4 Å². The lowest BCUT2D eigenvalue weighted by Crippen LogP contribution is -2.28. The average molecular weight is 305 g/mol. The molecular weight excluding hydrogens is 286 g/mol. The molecule has 0 aliphatic carbocycles. The zero-order valence-corrected chi connectivity index (χ0v) is 13.4. The molecule has 21 heavy (non-hydrogen) atoms. The van der Waals surface area contributed by atoms with Crippen molar-refractivity contribution in [3.63, 3.8) is 0 Å². The van der Waals surface area contributed by atoms with Crippen molar-refractivity contribution in [2.75, 3.05) is 0 Å². The molecule has 0 saturated carbocycles. The van der Waals surface area contributed by atoms with Gasteiger partial charge in [-0.1, -0.05) is 0 Å². The molecule has 0 spiro atoms. The van der Waals surface area contributed by atoms with Crippen molar-refractivity contribution >= 4 is 17.3 Å². The van der Waals surface area contributed by atoms with Gasteiger partial charge in [0.2, 0.25) is 0 Å². The molecule has 1 N–H and O–H groups in total. The molecule has 2 rings (SSSR count). The lowest BCUT2D eigenvalue weighted by atomic mass is 9.90. The largest absolute Gasteiger partial charge is 0.491 e. The molecule has 2 aromatic rings. The molecule has 0 fully saturated rings. The van der Waals surface area contributed by atoms with Gasteiger partial charge in [0, 0.05) is 10.9 Å². The van der Waals surface area contributed by atoms with Crippen LogP contribution in [0.2, 0.25) is 0 Å². The Balaban J connectivity index is 2.24. The Labute approximate surface area is 128 Å². The van der Waals surface area contributed by atoms with E-state index in [1.54, 1.807) is 13.8 Å². The number of nitrogens with zero attached hydrogens (tertiary/aromatic N) is 1. The number of benzene rings is 1. The maximum atomic E-state index is 11.3. The fourth-order valence-corrected chi connectivity index (χ4v) is 2.75. The molecular formula is C16H19NO3S. The summed E-state index contributed by atoms with van der Waals surface area (Å²) in [6, 6.07) is 7.68. The summed E-state index contributed by atoms with van der Waals surface area (Å²) in [5, 5.41) is 11.9. The van der Waals surface area contributed by atoms with E-state index in [0.29, 0.717) is 5.69 Å². The molecule has 112 valence electrons. The standard InChI is InChI=1S/C16H19NO3S/c1-10(2)20-12-7-5-11(6-8-12)14-17-13(9-21-14)16(3,4)15(18)19/h5-10H,1-4H3,(H,18,19). The van der Waals surface area contributed by atoms with Crippen molar-refractivity contribution in [3.8, 4) is 16.3 Å². The number of hydrogen-bond donors (Lipinski definition) is 1. The van der Waals surface area contributed by atoms with Crippen LogP contribution in [0.5, 0.6) is 5.75 Å². The van der Waals surface area contributed by atoms with Crippen LogP contribution in [0.25, 0.3) is 10.6 Å². The molecule has 4 nitrogen and oxygen atoms in total. The molecule has 1 aromatic carbocycles. The minimum atomic E-state index is -0.977. The molecule has 0 aliphatic heterocycles. The number of aliphatic carboxylic acids is 1. The molecule has 0 aliphatic rings. The van der Waals surface area contributed by atoms with Crippen molar-refractivity contribution in [2.24, 2.45) is 0 Å². The predicted octanol–water partition coefficient (Wildman–Crippen LogP) is 3.96. The average Bonchev–Trinajstić information content (AvgIpc) is 2.89. The highest BCUT2D eigenvalue weighted by atomic mass is 32.1. The van der Waals surface area contributed by atoms with E-state index in [1.165, 1.54) is 11.3 Å². The monoisotopic (exact) mass is 305 g/mol. The molecule has 1 aromatic heterocycles. The first-order chi connectivity index (χ1) is 9.80. The van der Waals surface area contributed by atoms with Crippen molar-refractivity contribution in [3.05, 3.63) is 35.3 Å². The molecule has 0 bridgehead atoms. The first-order valence-corrected chi connectivity index (χ1v) is 7.65. The Kier molecular flexibility index (Phi) is 4.32. The second-order valence-corrected chi connectivity index (χ2v) is 6.52. The van der Waals surface area contributed by atoms with Crippen LogP contribution in [-0.4, -0.2) is 22.2 Å². The summed E-state index contributed by atoms with van der Waals surface area (Å²) in [5.41, 5.74) is 0.566. The number of ether oxygens (including phenoxy) is 1. The van der Waals surface area contributed by atoms with Crippen LogP contribution in [-0.2, 0) is 10.2 Å². The first-order valence-electron chi connectivity index (χ1n) is 6.77. The van der Waals surface area contributed by atoms with Crippen LogP contribution < -0.4 is 4.74 Å². The normalized spacial score (nSPS) is 11.7. The third kappa shape index (κ3) is 3.42. The molecule has 0 unspecified atom stereocenters. The summed E-state index contributed by atoms with van der Waals surface area (Å²) in [6.45, 7) is 7.28. The van der Waals surface area contributed by atoms with Crippen LogP contribution >= 0.6 is 11.3 Å². The molecule has 0 atom stereocenters. The smallest absolute Gasteiger partial charge is 0.315 e. The second-order valence-electron chi connectivity index (χ2n) is 5.66. The zero-order valence-electron chi connectivity index (χ0n) is 12.6. The maximum Gasteiger partial charge on any atom is 0.315 e. The Morgan fingerprint density at radius 2 is 1.90 bits per heavy atom. The summed E-state index contributed by atoms with van der Waals surface area (Å²) in [6.07, 6.45) is 0.138. The van der Waals surface area contributed by atoms with E-state index in [2.05, 4.69) is 4.98 Å². The van der Waals surface area contributed by atoms with Crippen molar-refractivity contribution in [2.45, 2.75) is 39.2 Å². The molecule has 0 radical (unpaired) electrons. The van der Waals surface area contributed by atoms with Gasteiger partial charge in [0.25, 0.3) is 0 Å². The van der Waals surface area contributed by atoms with Crippen molar-refractivity contribution in [1.29, 1.82) is 0 Å². The quantitative estimate of drug-likeness (QED) is 0.908. The van der Waals surface area contributed by atoms with Crippen LogP contribution in [0.1, 0.15) is 33.4 Å². The van der Waals surface area contributed by atoms with E-state index in [1.807, 2.05) is 43.5 Å². The minimum Gasteiger partial charge on any atom is -0.491 e. The van der Waals surface area contributed by atoms with E-state index in [4.69, 9.17) is 4.74 Å². The van der Waals surface area contributed by atoms with Gasteiger partial charge < -0.3 is 9.84 Å². The SMILES string of the molecule is CC(C)Oc1ccc(-c2nc(C(C)(C)C(=O)O)cs2)cc1. The van der Waals surface area contributed by atoms with E-state index in [9.17, 15) is 9.90 Å². The summed E-state index contributed by atoms with van der Waals surface area (Å²) in [4.78, 5) is 15.7. The van der Waals surface area contributed by atoms with Crippen LogP contribution in [0.4, 0.5) is 0 Å². The molecule has 1 heterocycles. The van der Waals surface area contributed by atoms with Gasteiger partial charge in [-0.3, -0.25) is 4.79 Å². The van der Waals surface area contributed by atoms with Gasteiger partial charge in [0.1, 0.15) is 16.2 Å². The Morgan fingerprint density at radius 1 is 1.29 bits per heavy atom. The van der Waals surface area contributed by atoms with Gasteiger partial charge in [-0.15, -0.1) is 11.3 Å². The lowest BCUT2D eigenvalue weighted by molar-refractivity contribution is -0.142. The van der Waals surface area contributed by atoms with Gasteiger partial charge in [-0.25, -0.2) is 4.98 Å². The van der Waals surface area contributed by atoms with Crippen molar-refractivity contribution in [1.82, 2.24) is 4.98 Å². The van der Waals surface area contributed by atoms with Gasteiger partial charge >= 0.3 is 5.97 Å². The highest BCUT2D eigenvalue weighted by molar-refractivity contribution is 7.13. The fraction of sp³-hybridized carbons (Fsp3) is 0.375. The summed E-state index contributed by atoms with van der Waals surface area (Å²) in [7, 11) is 0. The first kappa shape index (κ1) is 15.5. The van der Waals surface area contributed by atoms with E-state index in [0.717, 1.165) is 16.3 Å². The Morgan fingerprint density at radius 3 is 2.43 bits per heavy atom. The number of carbonyl (C=O) groups is 1. The highest BCUT2D eigenvalue weighted by Crippen LogP contribution is 2.31. The lowest BCUT2D eigenvalue weighted by Gasteiger charge is -2.15. The number of thiazole rings is 1. The van der Waals surface area contributed by atoms with E-state index >= 15 is 0 Å². The number of carboxylic acid groups (broad SMARTS) is 1. The third-order valence-electron chi connectivity index (χ3n) is 3.15. The van der Waals surface area contributed by atoms with Crippen LogP contribution in [0.3, 0.4) is 0 Å². The Hall–Kier alpha value is -1.88. The number of rotatable bonds is 5. The van der Waals surface area contributed by atoms with Gasteiger partial charge in [0.05, 0.1) is 11.8 Å². The van der Waals surface area contributed by atoms with E-state index < -0.39 is 11.4 Å². The predicted molar refractivity (Wildman–Crippen MR) is 84.0 cm³/mol. The van der Waals surface area contributed by atoms with Crippen LogP contribution in [0.15, 0.2) is 29.6 Å². The van der Waals surface area contributed by atoms with Gasteiger partial charge in [-0.05, 0) is 52.0 Å². The summed E-state index contributed by atoms with van der Waals surface area (Å²) in [5.74, 6) is -0.0589. The minimum absolute atomic E-state index is 0.138. The number of hydrogen-bond acceptors (Lipinski definition) is 4. The second kappa shape index (κ2) is 5.85. The van der Waals surface area contributed by atoms with Crippen molar-refractivity contribution < 1.29 is 14.6 Å². The van der Waals surface area contributed by atoms with Crippen LogP contribution in [0, 0.1) is 0 Å². The molecule has 0 saturated heterocycles. The van der Waals surface area contributed by atoms with Gasteiger partial charge in [-0.2, -0.15) is 0 Å². The summed E-state index contributed by atoms with van der Waals surface area (Å²) < 4.78 is 5.60. The maximum absolute atomic E-state index is 11.3. The number of carboxylic acids is 1. The Bertz CT molecular complexity index is 629. The summed E-state index contributed by atoms with van der Waals surface area (Å²) >= 11 is 1.45. The van der Waals surface area contributed by atoms with E-state index in [-0.39, 0.29) is 6.10 Å². The third-order valence-corrected chi connectivity index (χ3v) is 4.04.